The van der Waals surface area contributed by atoms with Crippen LogP contribution in [0.2, 0.25) is 5.15 Å². The van der Waals surface area contributed by atoms with Gasteiger partial charge in [-0.1, -0.05) is 17.7 Å². The Morgan fingerprint density at radius 3 is 2.70 bits per heavy atom. The van der Waals surface area contributed by atoms with E-state index in [0.717, 1.165) is 18.2 Å². The molecule has 2 aromatic heterocycles. The predicted molar refractivity (Wildman–Crippen MR) is 79.5 cm³/mol. The average Bonchev–Trinajstić information content (AvgIpc) is 3.01. The van der Waals surface area contributed by atoms with Gasteiger partial charge in [0.2, 0.25) is 0 Å². The molecule has 3 heterocycles. The van der Waals surface area contributed by atoms with Crippen molar-refractivity contribution in [3.63, 3.8) is 0 Å². The van der Waals surface area contributed by atoms with Crippen LogP contribution in [0.15, 0.2) is 29.8 Å². The fourth-order valence-electron chi connectivity index (χ4n) is 2.16. The molecule has 1 amide bonds. The second-order valence-corrected chi connectivity index (χ2v) is 5.70. The molecule has 3 rings (SSSR count). The molecule has 0 unspecified atom stereocenters. The standard InChI is InChI=1S/C13H13ClN4OS/c14-11-3-1-2-10(16-11)12(19)17-5-7-18(8-6-17)13-15-4-9-20-13/h1-4,9H,5-8H2. The van der Waals surface area contributed by atoms with Crippen LogP contribution in [-0.2, 0) is 0 Å². The summed E-state index contributed by atoms with van der Waals surface area (Å²) >= 11 is 7.44. The first-order valence-corrected chi connectivity index (χ1v) is 7.56. The van der Waals surface area contributed by atoms with E-state index in [2.05, 4.69) is 14.9 Å². The van der Waals surface area contributed by atoms with Crippen LogP contribution in [0.5, 0.6) is 0 Å². The van der Waals surface area contributed by atoms with Crippen LogP contribution in [0.4, 0.5) is 5.13 Å². The van der Waals surface area contributed by atoms with Gasteiger partial charge in [0.25, 0.3) is 5.91 Å². The molecule has 0 spiro atoms. The number of anilines is 1. The molecule has 20 heavy (non-hydrogen) atoms. The normalized spacial score (nSPS) is 15.4. The van der Waals surface area contributed by atoms with Crippen molar-refractivity contribution in [2.24, 2.45) is 0 Å². The summed E-state index contributed by atoms with van der Waals surface area (Å²) in [6.45, 7) is 2.93. The zero-order chi connectivity index (χ0) is 13.9. The lowest BCUT2D eigenvalue weighted by Gasteiger charge is -2.34. The molecule has 1 fully saturated rings. The van der Waals surface area contributed by atoms with Crippen molar-refractivity contribution < 1.29 is 4.79 Å². The third kappa shape index (κ3) is 2.76. The second-order valence-electron chi connectivity index (χ2n) is 4.44. The van der Waals surface area contributed by atoms with E-state index in [0.29, 0.717) is 23.9 Å². The third-order valence-corrected chi connectivity index (χ3v) is 4.23. The van der Waals surface area contributed by atoms with Gasteiger partial charge in [-0.2, -0.15) is 0 Å². The summed E-state index contributed by atoms with van der Waals surface area (Å²) in [5.41, 5.74) is 0.403. The van der Waals surface area contributed by atoms with Crippen LogP contribution in [0, 0.1) is 0 Å². The number of amides is 1. The number of hydrogen-bond acceptors (Lipinski definition) is 5. The van der Waals surface area contributed by atoms with Crippen molar-refractivity contribution in [3.8, 4) is 0 Å². The summed E-state index contributed by atoms with van der Waals surface area (Å²) in [7, 11) is 0. The maximum Gasteiger partial charge on any atom is 0.272 e. The van der Waals surface area contributed by atoms with E-state index < -0.39 is 0 Å². The van der Waals surface area contributed by atoms with E-state index in [1.54, 1.807) is 35.7 Å². The highest BCUT2D eigenvalue weighted by Crippen LogP contribution is 2.19. The molecular formula is C13H13ClN4OS. The molecule has 1 saturated heterocycles. The summed E-state index contributed by atoms with van der Waals surface area (Å²) in [6, 6.07) is 5.11. The third-order valence-electron chi connectivity index (χ3n) is 3.19. The number of piperazine rings is 1. The van der Waals surface area contributed by atoms with Crippen molar-refractivity contribution in [2.75, 3.05) is 31.1 Å². The molecule has 0 atom stereocenters. The maximum absolute atomic E-state index is 12.3. The highest BCUT2D eigenvalue weighted by atomic mass is 35.5. The second kappa shape index (κ2) is 5.76. The molecule has 1 aliphatic heterocycles. The molecule has 7 heteroatoms. The first-order chi connectivity index (χ1) is 9.74. The van der Waals surface area contributed by atoms with Gasteiger partial charge in [-0.25, -0.2) is 9.97 Å². The van der Waals surface area contributed by atoms with E-state index in [9.17, 15) is 4.79 Å². The molecule has 5 nitrogen and oxygen atoms in total. The molecule has 2 aromatic rings. The Bertz CT molecular complexity index is 596. The number of nitrogens with zero attached hydrogens (tertiary/aromatic N) is 4. The minimum Gasteiger partial charge on any atom is -0.345 e. The minimum absolute atomic E-state index is 0.0636. The Labute approximate surface area is 125 Å². The Morgan fingerprint density at radius 1 is 1.25 bits per heavy atom. The Hall–Kier alpha value is -1.66. The lowest BCUT2D eigenvalue weighted by Crippen LogP contribution is -2.49. The zero-order valence-corrected chi connectivity index (χ0v) is 12.3. The van der Waals surface area contributed by atoms with E-state index in [4.69, 9.17) is 11.6 Å². The number of aromatic nitrogens is 2. The summed E-state index contributed by atoms with van der Waals surface area (Å²) in [5, 5.41) is 3.32. The van der Waals surface area contributed by atoms with Crippen molar-refractivity contribution in [1.29, 1.82) is 0 Å². The van der Waals surface area contributed by atoms with E-state index in [1.165, 1.54) is 0 Å². The van der Waals surface area contributed by atoms with Crippen molar-refractivity contribution in [3.05, 3.63) is 40.6 Å². The van der Waals surface area contributed by atoms with Crippen LogP contribution >= 0.6 is 22.9 Å². The Balaban J connectivity index is 1.65. The Morgan fingerprint density at radius 2 is 2.05 bits per heavy atom. The quantitative estimate of drug-likeness (QED) is 0.798. The number of carbonyl (C=O) groups is 1. The number of rotatable bonds is 2. The van der Waals surface area contributed by atoms with Gasteiger partial charge >= 0.3 is 0 Å². The SMILES string of the molecule is O=C(c1cccc(Cl)n1)N1CCN(c2nccs2)CC1. The van der Waals surface area contributed by atoms with Crippen molar-refractivity contribution in [2.45, 2.75) is 0 Å². The van der Waals surface area contributed by atoms with Crippen LogP contribution in [0.25, 0.3) is 0 Å². The number of halogens is 1. The van der Waals surface area contributed by atoms with Gasteiger partial charge in [0.05, 0.1) is 0 Å². The smallest absolute Gasteiger partial charge is 0.272 e. The molecular weight excluding hydrogens is 296 g/mol. The van der Waals surface area contributed by atoms with E-state index in [-0.39, 0.29) is 5.91 Å². The molecule has 0 aliphatic carbocycles. The Kier molecular flexibility index (Phi) is 3.84. The number of thiazole rings is 1. The number of carbonyl (C=O) groups excluding carboxylic acids is 1. The summed E-state index contributed by atoms with van der Waals surface area (Å²) < 4.78 is 0. The van der Waals surface area contributed by atoms with Gasteiger partial charge in [0.15, 0.2) is 5.13 Å². The van der Waals surface area contributed by atoms with Crippen LogP contribution in [0.3, 0.4) is 0 Å². The number of pyridine rings is 1. The first kappa shape index (κ1) is 13.3. The highest BCUT2D eigenvalue weighted by Gasteiger charge is 2.23. The molecule has 0 bridgehead atoms. The fourth-order valence-corrected chi connectivity index (χ4v) is 3.02. The summed E-state index contributed by atoms with van der Waals surface area (Å²) in [6.07, 6.45) is 1.80. The first-order valence-electron chi connectivity index (χ1n) is 6.30. The summed E-state index contributed by atoms with van der Waals surface area (Å²) in [4.78, 5) is 24.7. The topological polar surface area (TPSA) is 49.3 Å². The lowest BCUT2D eigenvalue weighted by atomic mass is 10.2. The molecule has 1 aliphatic rings. The van der Waals surface area contributed by atoms with E-state index >= 15 is 0 Å². The van der Waals surface area contributed by atoms with Crippen LogP contribution < -0.4 is 4.90 Å². The fraction of sp³-hybridized carbons (Fsp3) is 0.308. The van der Waals surface area contributed by atoms with Gasteiger partial charge < -0.3 is 9.80 Å². The summed E-state index contributed by atoms with van der Waals surface area (Å²) in [5.74, 6) is -0.0636. The van der Waals surface area contributed by atoms with E-state index in [1.807, 2.05) is 10.3 Å². The van der Waals surface area contributed by atoms with Crippen LogP contribution in [-0.4, -0.2) is 47.0 Å². The molecule has 0 radical (unpaired) electrons. The molecule has 104 valence electrons. The van der Waals surface area contributed by atoms with Crippen molar-refractivity contribution in [1.82, 2.24) is 14.9 Å². The zero-order valence-electron chi connectivity index (χ0n) is 10.7. The number of hydrogen-bond donors (Lipinski definition) is 0. The molecule has 0 aromatic carbocycles. The monoisotopic (exact) mass is 308 g/mol. The van der Waals surface area contributed by atoms with Gasteiger partial charge in [-0.3, -0.25) is 4.79 Å². The molecule has 0 saturated carbocycles. The average molecular weight is 309 g/mol. The minimum atomic E-state index is -0.0636. The largest absolute Gasteiger partial charge is 0.345 e. The molecule has 0 N–H and O–H groups in total. The lowest BCUT2D eigenvalue weighted by molar-refractivity contribution is 0.0741. The van der Waals surface area contributed by atoms with Gasteiger partial charge in [0, 0.05) is 37.8 Å². The van der Waals surface area contributed by atoms with Crippen LogP contribution in [0.1, 0.15) is 10.5 Å². The van der Waals surface area contributed by atoms with Crippen molar-refractivity contribution >= 4 is 34.0 Å². The highest BCUT2D eigenvalue weighted by molar-refractivity contribution is 7.13. The maximum atomic E-state index is 12.3. The van der Waals surface area contributed by atoms with Gasteiger partial charge in [0.1, 0.15) is 10.8 Å². The predicted octanol–water partition coefficient (Wildman–Crippen LogP) is 2.15. The van der Waals surface area contributed by atoms with Gasteiger partial charge in [-0.05, 0) is 12.1 Å². The van der Waals surface area contributed by atoms with Gasteiger partial charge in [-0.15, -0.1) is 11.3 Å².